The zero-order valence-corrected chi connectivity index (χ0v) is 24.7. The van der Waals surface area contributed by atoms with Crippen LogP contribution in [0.5, 0.6) is 11.5 Å². The molecule has 0 fully saturated rings. The SMILES string of the molecule is COCCc1ccc(Cl)c(CNC(=O)C(Cc2ccc(OCCOc3c(Cl)cc(C)cc3Cl)cc2)C(C)N)c1. The Bertz CT molecular complexity index is 1210. The van der Waals surface area contributed by atoms with E-state index in [1.54, 1.807) is 19.2 Å². The molecule has 0 saturated carbocycles. The molecule has 1 amide bonds. The van der Waals surface area contributed by atoms with Crippen molar-refractivity contribution in [3.63, 3.8) is 0 Å². The van der Waals surface area contributed by atoms with Crippen LogP contribution >= 0.6 is 34.8 Å². The molecule has 3 N–H and O–H groups in total. The van der Waals surface area contributed by atoms with E-state index in [1.807, 2.05) is 56.3 Å². The monoisotopic (exact) mass is 592 g/mol. The fourth-order valence-electron chi connectivity index (χ4n) is 4.07. The van der Waals surface area contributed by atoms with Crippen molar-refractivity contribution in [1.82, 2.24) is 5.32 Å². The molecule has 0 spiro atoms. The van der Waals surface area contributed by atoms with Gasteiger partial charge in [0, 0.05) is 24.7 Å². The number of methoxy groups -OCH3 is 1. The Morgan fingerprint density at radius 3 is 2.18 bits per heavy atom. The zero-order chi connectivity index (χ0) is 28.4. The molecule has 9 heteroatoms. The standard InChI is InChI=1S/C30H35Cl3N2O4/c1-19-14-27(32)29(28(33)15-19)39-13-12-38-24-7-4-21(5-8-24)17-25(20(2)34)30(36)35-18-23-16-22(10-11-37-3)6-9-26(23)31/h4-9,14-16,20,25H,10-13,17-18,34H2,1-3H3,(H,35,36). The molecule has 3 aromatic carbocycles. The second-order valence-electron chi connectivity index (χ2n) is 9.45. The minimum Gasteiger partial charge on any atom is -0.490 e. The van der Waals surface area contributed by atoms with Crippen molar-refractivity contribution in [2.45, 2.75) is 39.3 Å². The van der Waals surface area contributed by atoms with Crippen LogP contribution in [0.15, 0.2) is 54.6 Å². The van der Waals surface area contributed by atoms with E-state index in [2.05, 4.69) is 5.32 Å². The number of halogens is 3. The quantitative estimate of drug-likeness (QED) is 0.211. The van der Waals surface area contributed by atoms with Gasteiger partial charge in [0.2, 0.25) is 5.91 Å². The fraction of sp³-hybridized carbons (Fsp3) is 0.367. The van der Waals surface area contributed by atoms with E-state index in [4.69, 9.17) is 54.7 Å². The third-order valence-electron chi connectivity index (χ3n) is 6.25. The first-order valence-corrected chi connectivity index (χ1v) is 13.9. The normalized spacial score (nSPS) is 12.6. The number of hydrogen-bond donors (Lipinski definition) is 2. The molecule has 2 atom stereocenters. The van der Waals surface area contributed by atoms with Gasteiger partial charge in [0.15, 0.2) is 5.75 Å². The van der Waals surface area contributed by atoms with Crippen LogP contribution in [0.3, 0.4) is 0 Å². The van der Waals surface area contributed by atoms with Crippen molar-refractivity contribution in [3.8, 4) is 11.5 Å². The molecule has 0 aliphatic heterocycles. The Hall–Kier alpha value is -2.48. The number of ether oxygens (including phenoxy) is 3. The van der Waals surface area contributed by atoms with Crippen LogP contribution in [-0.2, 0) is 28.9 Å². The van der Waals surface area contributed by atoms with E-state index in [9.17, 15) is 4.79 Å². The second-order valence-corrected chi connectivity index (χ2v) is 10.7. The molecule has 3 aromatic rings. The van der Waals surface area contributed by atoms with Gasteiger partial charge in [-0.2, -0.15) is 0 Å². The first-order chi connectivity index (χ1) is 18.7. The molecule has 6 nitrogen and oxygen atoms in total. The van der Waals surface area contributed by atoms with Gasteiger partial charge in [-0.3, -0.25) is 4.79 Å². The van der Waals surface area contributed by atoms with Crippen LogP contribution in [0.4, 0.5) is 0 Å². The van der Waals surface area contributed by atoms with E-state index in [1.165, 1.54) is 0 Å². The Kier molecular flexibility index (Phi) is 12.2. The van der Waals surface area contributed by atoms with Gasteiger partial charge in [-0.05, 0) is 79.3 Å². The minimum atomic E-state index is -0.398. The van der Waals surface area contributed by atoms with Crippen LogP contribution in [-0.4, -0.2) is 38.9 Å². The number of amides is 1. The summed E-state index contributed by atoms with van der Waals surface area (Å²) in [4.78, 5) is 13.0. The first-order valence-electron chi connectivity index (χ1n) is 12.8. The van der Waals surface area contributed by atoms with Gasteiger partial charge >= 0.3 is 0 Å². The van der Waals surface area contributed by atoms with E-state index in [-0.39, 0.29) is 18.6 Å². The van der Waals surface area contributed by atoms with Crippen molar-refractivity contribution < 1.29 is 19.0 Å². The lowest BCUT2D eigenvalue weighted by Crippen LogP contribution is -2.41. The number of aryl methyl sites for hydroxylation is 1. The maximum Gasteiger partial charge on any atom is 0.225 e. The summed E-state index contributed by atoms with van der Waals surface area (Å²) in [6.45, 7) is 5.31. The van der Waals surface area contributed by atoms with Gasteiger partial charge in [0.1, 0.15) is 19.0 Å². The molecule has 0 aliphatic carbocycles. The molecule has 0 saturated heterocycles. The third-order valence-corrected chi connectivity index (χ3v) is 7.18. The van der Waals surface area contributed by atoms with Gasteiger partial charge < -0.3 is 25.3 Å². The average Bonchev–Trinajstić information content (AvgIpc) is 2.90. The predicted molar refractivity (Wildman–Crippen MR) is 158 cm³/mol. The van der Waals surface area contributed by atoms with Crippen LogP contribution in [0.1, 0.15) is 29.2 Å². The summed E-state index contributed by atoms with van der Waals surface area (Å²) < 4.78 is 16.6. The van der Waals surface area contributed by atoms with Crippen LogP contribution in [0, 0.1) is 12.8 Å². The average molecular weight is 594 g/mol. The van der Waals surface area contributed by atoms with E-state index < -0.39 is 5.92 Å². The van der Waals surface area contributed by atoms with Crippen molar-refractivity contribution >= 4 is 40.7 Å². The summed E-state index contributed by atoms with van der Waals surface area (Å²) in [7, 11) is 1.67. The zero-order valence-electron chi connectivity index (χ0n) is 22.4. The summed E-state index contributed by atoms with van der Waals surface area (Å²) in [6, 6.07) is 16.7. The molecular weight excluding hydrogens is 559 g/mol. The summed E-state index contributed by atoms with van der Waals surface area (Å²) in [5.41, 5.74) is 10.1. The fourth-order valence-corrected chi connectivity index (χ4v) is 4.96. The molecule has 2 unspecified atom stereocenters. The van der Waals surface area contributed by atoms with Gasteiger partial charge in [-0.25, -0.2) is 0 Å². The van der Waals surface area contributed by atoms with Crippen molar-refractivity contribution in [2.24, 2.45) is 11.7 Å². The number of hydrogen-bond acceptors (Lipinski definition) is 5. The lowest BCUT2D eigenvalue weighted by Gasteiger charge is -2.21. The highest BCUT2D eigenvalue weighted by molar-refractivity contribution is 6.37. The molecule has 0 bridgehead atoms. The number of benzene rings is 3. The van der Waals surface area contributed by atoms with Gasteiger partial charge in [0.25, 0.3) is 0 Å². The van der Waals surface area contributed by atoms with Gasteiger partial charge in [-0.1, -0.05) is 59.1 Å². The highest BCUT2D eigenvalue weighted by Crippen LogP contribution is 2.34. The Morgan fingerprint density at radius 1 is 0.897 bits per heavy atom. The third kappa shape index (κ3) is 9.59. The van der Waals surface area contributed by atoms with Gasteiger partial charge in [0.05, 0.1) is 22.6 Å². The highest BCUT2D eigenvalue weighted by Gasteiger charge is 2.23. The highest BCUT2D eigenvalue weighted by atomic mass is 35.5. The number of nitrogens with one attached hydrogen (secondary N) is 1. The Morgan fingerprint density at radius 2 is 1.54 bits per heavy atom. The topological polar surface area (TPSA) is 82.8 Å². The first kappa shape index (κ1) is 31.1. The lowest BCUT2D eigenvalue weighted by atomic mass is 9.92. The summed E-state index contributed by atoms with van der Waals surface area (Å²) in [6.07, 6.45) is 1.28. The maximum atomic E-state index is 13.0. The number of carbonyl (C=O) groups excluding carboxylic acids is 1. The number of nitrogens with two attached hydrogens (primary N) is 1. The van der Waals surface area contributed by atoms with Crippen molar-refractivity contribution in [3.05, 3.63) is 91.9 Å². The smallest absolute Gasteiger partial charge is 0.225 e. The molecule has 0 radical (unpaired) electrons. The summed E-state index contributed by atoms with van der Waals surface area (Å²) >= 11 is 18.8. The van der Waals surface area contributed by atoms with Crippen molar-refractivity contribution in [2.75, 3.05) is 26.9 Å². The van der Waals surface area contributed by atoms with E-state index in [0.717, 1.165) is 28.7 Å². The molecule has 39 heavy (non-hydrogen) atoms. The maximum absolute atomic E-state index is 13.0. The van der Waals surface area contributed by atoms with E-state index in [0.29, 0.717) is 52.7 Å². The van der Waals surface area contributed by atoms with Gasteiger partial charge in [-0.15, -0.1) is 0 Å². The van der Waals surface area contributed by atoms with Crippen molar-refractivity contribution in [1.29, 1.82) is 0 Å². The number of rotatable bonds is 14. The molecule has 3 rings (SSSR count). The molecular formula is C30H35Cl3N2O4. The predicted octanol–water partition coefficient (Wildman–Crippen LogP) is 6.42. The summed E-state index contributed by atoms with van der Waals surface area (Å²) in [5, 5.41) is 4.55. The minimum absolute atomic E-state index is 0.116. The van der Waals surface area contributed by atoms with Crippen LogP contribution in [0.25, 0.3) is 0 Å². The Labute approximate surface area is 245 Å². The number of carbonyl (C=O) groups is 1. The van der Waals surface area contributed by atoms with Crippen LogP contribution < -0.4 is 20.5 Å². The Balaban J connectivity index is 1.51. The molecule has 210 valence electrons. The molecule has 0 aliphatic rings. The second kappa shape index (κ2) is 15.3. The summed E-state index contributed by atoms with van der Waals surface area (Å²) in [5.74, 6) is 0.622. The largest absolute Gasteiger partial charge is 0.490 e. The van der Waals surface area contributed by atoms with E-state index >= 15 is 0 Å². The molecule has 0 heterocycles. The van der Waals surface area contributed by atoms with Crippen LogP contribution in [0.2, 0.25) is 15.1 Å². The lowest BCUT2D eigenvalue weighted by molar-refractivity contribution is -0.125. The molecule has 0 aromatic heterocycles.